The van der Waals surface area contributed by atoms with Crippen molar-refractivity contribution in [1.82, 2.24) is 5.32 Å². The van der Waals surface area contributed by atoms with E-state index in [1.54, 1.807) is 12.1 Å². The quantitative estimate of drug-likeness (QED) is 0.831. The number of hydrogen-bond acceptors (Lipinski definition) is 2. The third kappa shape index (κ3) is 5.57. The van der Waals surface area contributed by atoms with Crippen LogP contribution < -0.4 is 10.6 Å². The van der Waals surface area contributed by atoms with Gasteiger partial charge in [0.05, 0.1) is 4.47 Å². The van der Waals surface area contributed by atoms with E-state index in [2.05, 4.69) is 33.5 Å². The molecule has 1 saturated heterocycles. The highest BCUT2D eigenvalue weighted by Gasteiger charge is 2.22. The summed E-state index contributed by atoms with van der Waals surface area (Å²) in [4.78, 5) is 12.0. The van der Waals surface area contributed by atoms with Gasteiger partial charge in [0.1, 0.15) is 5.82 Å². The maximum Gasteiger partial charge on any atom is 0.224 e. The molecule has 1 aromatic carbocycles. The fourth-order valence-corrected chi connectivity index (χ4v) is 2.90. The van der Waals surface area contributed by atoms with E-state index in [0.29, 0.717) is 28.4 Å². The molecular weight excluding hydrogens is 359 g/mol. The number of amides is 1. The second-order valence-electron chi connectivity index (χ2n) is 5.45. The maximum absolute atomic E-state index is 13.4. The summed E-state index contributed by atoms with van der Waals surface area (Å²) in [6.45, 7) is 4.20. The molecule has 1 aliphatic heterocycles. The summed E-state index contributed by atoms with van der Waals surface area (Å²) in [6.07, 6.45) is 2.74. The van der Waals surface area contributed by atoms with Crippen LogP contribution in [0.5, 0.6) is 0 Å². The zero-order valence-electron chi connectivity index (χ0n) is 12.0. The maximum atomic E-state index is 13.4. The Kier molecular flexibility index (Phi) is 7.63. The standard InChI is InChI=1S/C15H20BrFN2O.ClH/c1-10(11-4-6-18-7-5-11)8-15(20)19-12-2-3-13(16)14(17)9-12;/h2-3,9-11,18H,4-8H2,1H3,(H,19,20);1H. The molecule has 0 aliphatic carbocycles. The van der Waals surface area contributed by atoms with Gasteiger partial charge in [-0.05, 0) is 71.9 Å². The van der Waals surface area contributed by atoms with E-state index in [1.807, 2.05) is 0 Å². The van der Waals surface area contributed by atoms with Crippen molar-refractivity contribution in [3.63, 3.8) is 0 Å². The van der Waals surface area contributed by atoms with Crippen LogP contribution in [0.4, 0.5) is 10.1 Å². The topological polar surface area (TPSA) is 41.1 Å². The van der Waals surface area contributed by atoms with E-state index >= 15 is 0 Å². The van der Waals surface area contributed by atoms with Crippen molar-refractivity contribution >= 4 is 39.9 Å². The van der Waals surface area contributed by atoms with Crippen molar-refractivity contribution in [2.75, 3.05) is 18.4 Å². The largest absolute Gasteiger partial charge is 0.326 e. The van der Waals surface area contributed by atoms with Crippen LogP contribution in [0.25, 0.3) is 0 Å². The first-order valence-corrected chi connectivity index (χ1v) is 7.81. The average molecular weight is 380 g/mol. The number of carbonyl (C=O) groups excluding carboxylic acids is 1. The number of halogens is 3. The van der Waals surface area contributed by atoms with Gasteiger partial charge in [0.25, 0.3) is 0 Å². The number of hydrogen-bond donors (Lipinski definition) is 2. The van der Waals surface area contributed by atoms with Crippen LogP contribution in [0.2, 0.25) is 0 Å². The molecule has 1 unspecified atom stereocenters. The molecule has 2 N–H and O–H groups in total. The van der Waals surface area contributed by atoms with Crippen molar-refractivity contribution in [2.45, 2.75) is 26.2 Å². The molecule has 1 heterocycles. The van der Waals surface area contributed by atoms with Crippen molar-refractivity contribution in [2.24, 2.45) is 11.8 Å². The first-order valence-electron chi connectivity index (χ1n) is 7.02. The third-order valence-corrected chi connectivity index (χ3v) is 4.54. The van der Waals surface area contributed by atoms with E-state index in [4.69, 9.17) is 0 Å². The molecule has 1 amide bonds. The van der Waals surface area contributed by atoms with Crippen molar-refractivity contribution in [1.29, 1.82) is 0 Å². The highest BCUT2D eigenvalue weighted by atomic mass is 79.9. The Labute approximate surface area is 139 Å². The lowest BCUT2D eigenvalue weighted by Crippen LogP contribution is -2.32. The summed E-state index contributed by atoms with van der Waals surface area (Å²) in [6, 6.07) is 4.62. The van der Waals surface area contributed by atoms with Gasteiger partial charge in [-0.2, -0.15) is 0 Å². The van der Waals surface area contributed by atoms with Crippen LogP contribution in [0, 0.1) is 17.7 Å². The molecule has 1 atom stereocenters. The molecule has 118 valence electrons. The van der Waals surface area contributed by atoms with Crippen LogP contribution in [0.15, 0.2) is 22.7 Å². The summed E-state index contributed by atoms with van der Waals surface area (Å²) in [5, 5.41) is 6.09. The van der Waals surface area contributed by atoms with Crippen molar-refractivity contribution in [3.8, 4) is 0 Å². The molecule has 1 aliphatic rings. The SMILES string of the molecule is CC(CC(=O)Nc1ccc(Br)c(F)c1)C1CCNCC1.Cl. The fourth-order valence-electron chi connectivity index (χ4n) is 2.66. The molecule has 0 radical (unpaired) electrons. The molecule has 2 rings (SSSR count). The van der Waals surface area contributed by atoms with Gasteiger partial charge >= 0.3 is 0 Å². The van der Waals surface area contributed by atoms with Crippen LogP contribution in [-0.4, -0.2) is 19.0 Å². The first kappa shape index (κ1) is 18.4. The number of benzene rings is 1. The zero-order chi connectivity index (χ0) is 14.5. The van der Waals surface area contributed by atoms with Gasteiger partial charge in [-0.1, -0.05) is 6.92 Å². The Morgan fingerprint density at radius 2 is 2.14 bits per heavy atom. The Balaban J connectivity index is 0.00000220. The number of rotatable bonds is 4. The molecule has 0 aromatic heterocycles. The highest BCUT2D eigenvalue weighted by molar-refractivity contribution is 9.10. The van der Waals surface area contributed by atoms with Crippen LogP contribution >= 0.6 is 28.3 Å². The van der Waals surface area contributed by atoms with Gasteiger partial charge in [-0.15, -0.1) is 12.4 Å². The van der Waals surface area contributed by atoms with Crippen molar-refractivity contribution in [3.05, 3.63) is 28.5 Å². The molecular formula is C15H21BrClFN2O. The fraction of sp³-hybridized carbons (Fsp3) is 0.533. The van der Waals surface area contributed by atoms with Gasteiger partial charge in [-0.3, -0.25) is 4.79 Å². The average Bonchev–Trinajstić information content (AvgIpc) is 2.44. The van der Waals surface area contributed by atoms with E-state index < -0.39 is 0 Å². The Bertz CT molecular complexity index is 481. The minimum Gasteiger partial charge on any atom is -0.326 e. The highest BCUT2D eigenvalue weighted by Crippen LogP contribution is 2.25. The molecule has 0 spiro atoms. The number of piperidine rings is 1. The van der Waals surface area contributed by atoms with E-state index in [1.165, 1.54) is 6.07 Å². The monoisotopic (exact) mass is 378 g/mol. The summed E-state index contributed by atoms with van der Waals surface area (Å²) >= 11 is 3.09. The number of carbonyl (C=O) groups is 1. The molecule has 21 heavy (non-hydrogen) atoms. The van der Waals surface area contributed by atoms with Gasteiger partial charge in [-0.25, -0.2) is 4.39 Å². The Morgan fingerprint density at radius 1 is 1.48 bits per heavy atom. The molecule has 3 nitrogen and oxygen atoms in total. The van der Waals surface area contributed by atoms with Crippen LogP contribution in [-0.2, 0) is 4.79 Å². The van der Waals surface area contributed by atoms with E-state index in [9.17, 15) is 9.18 Å². The summed E-state index contributed by atoms with van der Waals surface area (Å²) in [7, 11) is 0. The van der Waals surface area contributed by atoms with Crippen molar-refractivity contribution < 1.29 is 9.18 Å². The smallest absolute Gasteiger partial charge is 0.224 e. The molecule has 6 heteroatoms. The van der Waals surface area contributed by atoms with Crippen LogP contribution in [0.1, 0.15) is 26.2 Å². The second kappa shape index (κ2) is 8.71. The predicted octanol–water partition coefficient (Wildman–Crippen LogP) is 3.97. The lowest BCUT2D eigenvalue weighted by atomic mass is 9.84. The molecule has 1 aromatic rings. The molecule has 1 fully saturated rings. The summed E-state index contributed by atoms with van der Waals surface area (Å²) in [5.74, 6) is 0.549. The predicted molar refractivity (Wildman–Crippen MR) is 89.4 cm³/mol. The second-order valence-corrected chi connectivity index (χ2v) is 6.30. The number of anilines is 1. The van der Waals surface area contributed by atoms with Crippen LogP contribution in [0.3, 0.4) is 0 Å². The Morgan fingerprint density at radius 3 is 2.76 bits per heavy atom. The minimum atomic E-state index is -0.366. The Hall–Kier alpha value is -0.650. The zero-order valence-corrected chi connectivity index (χ0v) is 14.4. The van der Waals surface area contributed by atoms with E-state index in [0.717, 1.165) is 25.9 Å². The lowest BCUT2D eigenvalue weighted by molar-refractivity contribution is -0.117. The van der Waals surface area contributed by atoms with Gasteiger partial charge in [0, 0.05) is 12.1 Å². The van der Waals surface area contributed by atoms with E-state index in [-0.39, 0.29) is 24.1 Å². The third-order valence-electron chi connectivity index (χ3n) is 3.90. The molecule has 0 saturated carbocycles. The first-order chi connectivity index (χ1) is 9.56. The summed E-state index contributed by atoms with van der Waals surface area (Å²) in [5.41, 5.74) is 0.508. The minimum absolute atomic E-state index is 0. The molecule has 0 bridgehead atoms. The normalized spacial score (nSPS) is 16.9. The van der Waals surface area contributed by atoms with Gasteiger partial charge in [0.2, 0.25) is 5.91 Å². The summed E-state index contributed by atoms with van der Waals surface area (Å²) < 4.78 is 13.8. The number of nitrogens with one attached hydrogen (secondary N) is 2. The van der Waals surface area contributed by atoms with Gasteiger partial charge < -0.3 is 10.6 Å². The van der Waals surface area contributed by atoms with Gasteiger partial charge in [0.15, 0.2) is 0 Å². The lowest BCUT2D eigenvalue weighted by Gasteiger charge is -2.27.